The van der Waals surface area contributed by atoms with Crippen molar-refractivity contribution in [3.63, 3.8) is 0 Å². The van der Waals surface area contributed by atoms with Gasteiger partial charge in [0.2, 0.25) is 0 Å². The van der Waals surface area contributed by atoms with Crippen LogP contribution < -0.4 is 5.32 Å². The molecule has 4 nitrogen and oxygen atoms in total. The number of terminal acetylenes is 1. The fourth-order valence-corrected chi connectivity index (χ4v) is 0.783. The molecule has 0 spiro atoms. The van der Waals surface area contributed by atoms with E-state index in [4.69, 9.17) is 6.42 Å². The van der Waals surface area contributed by atoms with Gasteiger partial charge in [-0.15, -0.1) is 6.42 Å². The van der Waals surface area contributed by atoms with Gasteiger partial charge in [-0.1, -0.05) is 0 Å². The molecule has 12 heavy (non-hydrogen) atoms. The van der Waals surface area contributed by atoms with Crippen LogP contribution in [0.5, 0.6) is 0 Å². The molecule has 0 atom stereocenters. The number of hydrogen-bond acceptors (Lipinski definition) is 2. The van der Waals surface area contributed by atoms with E-state index in [1.165, 1.54) is 0 Å². The van der Waals surface area contributed by atoms with Crippen molar-refractivity contribution in [1.82, 2.24) is 15.3 Å². The summed E-state index contributed by atoms with van der Waals surface area (Å²) in [4.78, 5) is 17.3. The molecule has 1 amide bonds. The largest absolute Gasteiger partial charge is 0.348 e. The second-order valence-corrected chi connectivity index (χ2v) is 2.23. The van der Waals surface area contributed by atoms with Crippen molar-refractivity contribution in [2.75, 3.05) is 6.54 Å². The Bertz CT molecular complexity index is 284. The maximum atomic E-state index is 10.6. The van der Waals surface area contributed by atoms with E-state index < -0.39 is 0 Å². The molecule has 0 unspecified atom stereocenters. The van der Waals surface area contributed by atoms with Crippen molar-refractivity contribution in [2.24, 2.45) is 0 Å². The number of hydrogen-bond donors (Lipinski definition) is 2. The molecule has 0 radical (unpaired) electrons. The van der Waals surface area contributed by atoms with Gasteiger partial charge in [-0.3, -0.25) is 4.79 Å². The van der Waals surface area contributed by atoms with E-state index in [1.54, 1.807) is 12.5 Å². The molecule has 0 bridgehead atoms. The number of nitrogens with zero attached hydrogens (tertiary/aromatic N) is 1. The topological polar surface area (TPSA) is 57.8 Å². The van der Waals surface area contributed by atoms with Crippen LogP contribution in [0.3, 0.4) is 0 Å². The van der Waals surface area contributed by atoms with E-state index in [-0.39, 0.29) is 5.91 Å². The van der Waals surface area contributed by atoms with Crippen LogP contribution >= 0.6 is 0 Å². The zero-order valence-electron chi connectivity index (χ0n) is 6.50. The van der Waals surface area contributed by atoms with Gasteiger partial charge in [0.05, 0.1) is 6.33 Å². The van der Waals surface area contributed by atoms with Crippen molar-refractivity contribution < 1.29 is 4.79 Å². The monoisotopic (exact) mass is 163 g/mol. The zero-order chi connectivity index (χ0) is 8.81. The van der Waals surface area contributed by atoms with E-state index in [0.717, 1.165) is 5.69 Å². The number of amides is 1. The maximum absolute atomic E-state index is 10.6. The van der Waals surface area contributed by atoms with Gasteiger partial charge in [0.15, 0.2) is 0 Å². The summed E-state index contributed by atoms with van der Waals surface area (Å²) in [5, 5.41) is 2.55. The first-order valence-corrected chi connectivity index (χ1v) is 3.54. The van der Waals surface area contributed by atoms with Crippen LogP contribution in [0.2, 0.25) is 0 Å². The minimum atomic E-state index is -0.380. The molecule has 0 fully saturated rings. The summed E-state index contributed by atoms with van der Waals surface area (Å²) in [6.45, 7) is 0.533. The molecule has 0 aliphatic heterocycles. The predicted octanol–water partition coefficient (Wildman–Crippen LogP) is -0.298. The quantitative estimate of drug-likeness (QED) is 0.601. The van der Waals surface area contributed by atoms with Crippen LogP contribution in [0.4, 0.5) is 0 Å². The maximum Gasteiger partial charge on any atom is 0.295 e. The van der Waals surface area contributed by atoms with Gasteiger partial charge in [0.25, 0.3) is 5.91 Å². The number of nitrogens with one attached hydrogen (secondary N) is 2. The molecular formula is C8H9N3O. The lowest BCUT2D eigenvalue weighted by molar-refractivity contribution is -0.115. The number of carbonyl (C=O) groups excluding carboxylic acids is 1. The Kier molecular flexibility index (Phi) is 2.91. The fourth-order valence-electron chi connectivity index (χ4n) is 0.783. The third-order valence-corrected chi connectivity index (χ3v) is 1.37. The van der Waals surface area contributed by atoms with E-state index >= 15 is 0 Å². The average Bonchev–Trinajstić information content (AvgIpc) is 2.57. The highest BCUT2D eigenvalue weighted by molar-refractivity contribution is 5.92. The van der Waals surface area contributed by atoms with Crippen molar-refractivity contribution in [1.29, 1.82) is 0 Å². The lowest BCUT2D eigenvalue weighted by Crippen LogP contribution is -2.23. The second-order valence-electron chi connectivity index (χ2n) is 2.23. The van der Waals surface area contributed by atoms with Crippen LogP contribution in [-0.2, 0) is 11.2 Å². The zero-order valence-corrected chi connectivity index (χ0v) is 6.50. The Balaban J connectivity index is 2.20. The van der Waals surface area contributed by atoms with Gasteiger partial charge in [-0.05, 0) is 5.92 Å². The van der Waals surface area contributed by atoms with E-state index in [2.05, 4.69) is 15.3 Å². The molecule has 62 valence electrons. The lowest BCUT2D eigenvalue weighted by Gasteiger charge is -1.97. The lowest BCUT2D eigenvalue weighted by atomic mass is 10.3. The molecular weight excluding hydrogens is 154 g/mol. The van der Waals surface area contributed by atoms with Crippen molar-refractivity contribution in [3.8, 4) is 12.3 Å². The highest BCUT2D eigenvalue weighted by Crippen LogP contribution is 1.89. The Morgan fingerprint density at radius 3 is 3.25 bits per heavy atom. The summed E-state index contributed by atoms with van der Waals surface area (Å²) in [5.74, 6) is 1.59. The number of carbonyl (C=O) groups is 1. The number of imidazole rings is 1. The molecule has 0 aromatic carbocycles. The Morgan fingerprint density at radius 2 is 2.67 bits per heavy atom. The van der Waals surface area contributed by atoms with Crippen LogP contribution in [-0.4, -0.2) is 22.4 Å². The van der Waals surface area contributed by atoms with Crippen molar-refractivity contribution in [2.45, 2.75) is 6.42 Å². The predicted molar refractivity (Wildman–Crippen MR) is 44.1 cm³/mol. The molecule has 0 aliphatic rings. The Hall–Kier alpha value is -1.76. The summed E-state index contributed by atoms with van der Waals surface area (Å²) in [6.07, 6.45) is 8.87. The van der Waals surface area contributed by atoms with Gasteiger partial charge >= 0.3 is 0 Å². The first-order chi connectivity index (χ1) is 5.83. The van der Waals surface area contributed by atoms with Gasteiger partial charge in [-0.2, -0.15) is 0 Å². The van der Waals surface area contributed by atoms with Crippen LogP contribution in [0.15, 0.2) is 12.5 Å². The molecule has 1 heterocycles. The normalized spacial score (nSPS) is 8.92. The molecule has 1 rings (SSSR count). The number of aromatic amines is 1. The Labute approximate surface area is 70.4 Å². The average molecular weight is 163 g/mol. The van der Waals surface area contributed by atoms with Gasteiger partial charge in [-0.25, -0.2) is 4.98 Å². The van der Waals surface area contributed by atoms with Crippen LogP contribution in [0, 0.1) is 12.3 Å². The molecule has 0 aliphatic carbocycles. The third-order valence-electron chi connectivity index (χ3n) is 1.37. The standard InChI is InChI=1S/C8H9N3O/c1-2-8(12)10-4-3-7-5-9-6-11-7/h1,5-6H,3-4H2,(H,9,11)(H,10,12). The highest BCUT2D eigenvalue weighted by Gasteiger charge is 1.95. The Morgan fingerprint density at radius 1 is 1.83 bits per heavy atom. The number of aromatic nitrogens is 2. The number of H-pyrrole nitrogens is 1. The van der Waals surface area contributed by atoms with Gasteiger partial charge < -0.3 is 10.3 Å². The van der Waals surface area contributed by atoms with Crippen molar-refractivity contribution >= 4 is 5.91 Å². The summed E-state index contributed by atoms with van der Waals surface area (Å²) in [6, 6.07) is 0. The first-order valence-electron chi connectivity index (χ1n) is 3.54. The smallest absolute Gasteiger partial charge is 0.295 e. The molecule has 1 aromatic rings. The third kappa shape index (κ3) is 2.46. The SMILES string of the molecule is C#CC(=O)NCCc1cnc[nH]1. The molecule has 2 N–H and O–H groups in total. The van der Waals surface area contributed by atoms with Gasteiger partial charge in [0.1, 0.15) is 0 Å². The van der Waals surface area contributed by atoms with Crippen LogP contribution in [0.1, 0.15) is 5.69 Å². The number of rotatable bonds is 3. The molecule has 4 heteroatoms. The summed E-state index contributed by atoms with van der Waals surface area (Å²) < 4.78 is 0. The van der Waals surface area contributed by atoms with Gasteiger partial charge in [0, 0.05) is 24.9 Å². The molecule has 0 saturated heterocycles. The summed E-state index contributed by atoms with van der Waals surface area (Å²) >= 11 is 0. The van der Waals surface area contributed by atoms with Crippen molar-refractivity contribution in [3.05, 3.63) is 18.2 Å². The minimum Gasteiger partial charge on any atom is -0.348 e. The highest BCUT2D eigenvalue weighted by atomic mass is 16.1. The van der Waals surface area contributed by atoms with E-state index in [9.17, 15) is 4.79 Å². The van der Waals surface area contributed by atoms with E-state index in [0.29, 0.717) is 13.0 Å². The van der Waals surface area contributed by atoms with Crippen LogP contribution in [0.25, 0.3) is 0 Å². The summed E-state index contributed by atoms with van der Waals surface area (Å²) in [7, 11) is 0. The minimum absolute atomic E-state index is 0.380. The molecule has 1 aromatic heterocycles. The fraction of sp³-hybridized carbons (Fsp3) is 0.250. The van der Waals surface area contributed by atoms with E-state index in [1.807, 2.05) is 5.92 Å². The first kappa shape index (κ1) is 8.34. The summed E-state index contributed by atoms with van der Waals surface area (Å²) in [5.41, 5.74) is 0.979. The second kappa shape index (κ2) is 4.19. The molecule has 0 saturated carbocycles.